The smallest absolute Gasteiger partial charge is 0.204 e. The van der Waals surface area contributed by atoms with Crippen LogP contribution in [-0.4, -0.2) is 77.2 Å². The third kappa shape index (κ3) is 5.10. The molecular weight excluding hydrogens is 517 g/mol. The fourth-order valence-electron chi connectivity index (χ4n) is 6.74. The monoisotopic (exact) mass is 551 g/mol. The van der Waals surface area contributed by atoms with E-state index in [1.165, 1.54) is 12.0 Å². The van der Waals surface area contributed by atoms with Crippen molar-refractivity contribution in [2.45, 2.75) is 43.6 Å². The first-order chi connectivity index (χ1) is 18.4. The van der Waals surface area contributed by atoms with E-state index in [0.717, 1.165) is 87.5 Å². The highest BCUT2D eigenvalue weighted by atomic mass is 35.5. The number of nitrogens with one attached hydrogen (secondary N) is 1. The molecule has 0 spiro atoms. The number of imidazole rings is 1. The highest BCUT2D eigenvalue weighted by Gasteiger charge is 2.58. The summed E-state index contributed by atoms with van der Waals surface area (Å²) < 4.78 is 0. The molecule has 2 saturated carbocycles. The molecule has 2 N–H and O–H groups in total. The lowest BCUT2D eigenvalue weighted by molar-refractivity contribution is 0.153. The standard InChI is InChI=1S/C30H35Cl2N5O/c1-35-11-13-36(14-12-35)9-3-10-37(29-33-27-18-25(31)26(32)19-28(27)34-29)24-6-8-30(20-23(30)17-24)22-5-2-4-21(16-22)7-15-38/h2,4-5,16,18-19,23-24,38H,3,6,8-14,17,20H2,1H3,(H,33,34)/t23?,24-,30-/m1/s1. The van der Waals surface area contributed by atoms with Crippen molar-refractivity contribution in [2.75, 3.05) is 51.2 Å². The number of halogens is 2. The van der Waals surface area contributed by atoms with E-state index in [1.807, 2.05) is 18.2 Å². The van der Waals surface area contributed by atoms with Gasteiger partial charge in [0.15, 0.2) is 0 Å². The maximum absolute atomic E-state index is 9.05. The number of aliphatic hydroxyl groups excluding tert-OH is 1. The molecular formula is C30H35Cl2N5O. The lowest BCUT2D eigenvalue weighted by Gasteiger charge is -2.38. The number of likely N-dealkylation sites (N-methyl/N-ethyl adjacent to an activating group) is 1. The molecule has 1 unspecified atom stereocenters. The zero-order valence-corrected chi connectivity index (χ0v) is 23.4. The number of piperazine rings is 1. The molecule has 2 aliphatic carbocycles. The summed E-state index contributed by atoms with van der Waals surface area (Å²) in [4.78, 5) is 16.1. The minimum absolute atomic E-state index is 0.254. The number of fused-ring (bicyclic) bond motifs is 2. The summed E-state index contributed by atoms with van der Waals surface area (Å²) in [5.41, 5.74) is 4.30. The zero-order valence-electron chi connectivity index (χ0n) is 21.9. The Hall–Kier alpha value is -2.43. The summed E-state index contributed by atoms with van der Waals surface area (Å²) in [6.07, 6.45) is 7.82. The third-order valence-electron chi connectivity index (χ3n) is 9.04. The number of anilines is 1. The molecule has 1 aliphatic heterocycles. The van der Waals surface area contributed by atoms with Crippen molar-refractivity contribution in [3.8, 4) is 12.0 Å². The predicted octanol–water partition coefficient (Wildman–Crippen LogP) is 5.51. The van der Waals surface area contributed by atoms with Gasteiger partial charge in [-0.15, -0.1) is 0 Å². The summed E-state index contributed by atoms with van der Waals surface area (Å²) in [7, 11) is 2.20. The van der Waals surface area contributed by atoms with Crippen LogP contribution in [0.2, 0.25) is 10.0 Å². The van der Waals surface area contributed by atoms with Gasteiger partial charge in [0.1, 0.15) is 6.11 Å². The minimum atomic E-state index is 0.254. The van der Waals surface area contributed by atoms with Crippen molar-refractivity contribution in [1.82, 2.24) is 19.8 Å². The Labute approximate surface area is 234 Å². The average molecular weight is 553 g/mol. The lowest BCUT2D eigenvalue weighted by atomic mass is 9.80. The number of hydrogen-bond donors (Lipinski definition) is 2. The van der Waals surface area contributed by atoms with Crippen LogP contribution in [0.25, 0.3) is 11.0 Å². The molecule has 3 aromatic rings. The van der Waals surface area contributed by atoms with E-state index in [1.54, 1.807) is 0 Å². The van der Waals surface area contributed by atoms with Crippen LogP contribution in [0.3, 0.4) is 0 Å². The van der Waals surface area contributed by atoms with E-state index in [9.17, 15) is 0 Å². The second kappa shape index (κ2) is 10.6. The maximum Gasteiger partial charge on any atom is 0.204 e. The number of aromatic nitrogens is 2. The molecule has 3 fully saturated rings. The Bertz CT molecular complexity index is 1330. The van der Waals surface area contributed by atoms with Crippen molar-refractivity contribution in [3.63, 3.8) is 0 Å². The molecule has 38 heavy (non-hydrogen) atoms. The van der Waals surface area contributed by atoms with Crippen LogP contribution >= 0.6 is 23.2 Å². The summed E-state index contributed by atoms with van der Waals surface area (Å²) in [6.45, 7) is 6.66. The van der Waals surface area contributed by atoms with Crippen LogP contribution < -0.4 is 4.90 Å². The number of aromatic amines is 1. The first kappa shape index (κ1) is 25.8. The van der Waals surface area contributed by atoms with Crippen LogP contribution in [-0.2, 0) is 5.41 Å². The predicted molar refractivity (Wildman–Crippen MR) is 155 cm³/mol. The van der Waals surface area contributed by atoms with Crippen molar-refractivity contribution in [3.05, 3.63) is 57.6 Å². The van der Waals surface area contributed by atoms with E-state index < -0.39 is 0 Å². The van der Waals surface area contributed by atoms with E-state index in [2.05, 4.69) is 57.0 Å². The van der Waals surface area contributed by atoms with Crippen molar-refractivity contribution >= 4 is 40.2 Å². The largest absolute Gasteiger partial charge is 0.462 e. The average Bonchev–Trinajstić information content (AvgIpc) is 3.53. The molecule has 3 aliphatic rings. The number of H-pyrrole nitrogens is 1. The molecule has 0 amide bonds. The van der Waals surface area contributed by atoms with Crippen molar-refractivity contribution in [1.29, 1.82) is 0 Å². The molecule has 6 rings (SSSR count). The van der Waals surface area contributed by atoms with Gasteiger partial charge in [-0.25, -0.2) is 4.98 Å². The number of hydrogen-bond acceptors (Lipinski definition) is 5. The first-order valence-corrected chi connectivity index (χ1v) is 14.5. The van der Waals surface area contributed by atoms with Crippen molar-refractivity contribution < 1.29 is 5.11 Å². The highest BCUT2D eigenvalue weighted by molar-refractivity contribution is 6.42. The van der Waals surface area contributed by atoms with Crippen molar-refractivity contribution in [2.24, 2.45) is 5.92 Å². The SMILES string of the molecule is CN1CCN(CCCN(c2nc3cc(Cl)c(Cl)cc3[nH]2)[C@@H]2CC[C@]3(c4cccc(C#CO)c4)CC3C2)CC1. The molecule has 1 saturated heterocycles. The maximum atomic E-state index is 9.05. The molecule has 3 atom stereocenters. The van der Waals surface area contributed by atoms with Crippen LogP contribution in [0.1, 0.15) is 43.2 Å². The Morgan fingerprint density at radius 2 is 1.97 bits per heavy atom. The second-order valence-corrected chi connectivity index (χ2v) is 12.2. The Kier molecular flexibility index (Phi) is 7.22. The van der Waals surface area contributed by atoms with E-state index in [4.69, 9.17) is 33.3 Å². The van der Waals surface area contributed by atoms with Crippen LogP contribution in [0.15, 0.2) is 36.4 Å². The molecule has 2 heterocycles. The zero-order chi connectivity index (χ0) is 26.3. The van der Waals surface area contributed by atoms with E-state index in [0.29, 0.717) is 22.0 Å². The molecule has 6 nitrogen and oxygen atoms in total. The molecule has 0 bridgehead atoms. The van der Waals surface area contributed by atoms with Gasteiger partial charge in [0.2, 0.25) is 5.95 Å². The van der Waals surface area contributed by atoms with Gasteiger partial charge in [-0.3, -0.25) is 0 Å². The number of nitrogens with zero attached hydrogens (tertiary/aromatic N) is 4. The van der Waals surface area contributed by atoms with Gasteiger partial charge < -0.3 is 24.8 Å². The lowest BCUT2D eigenvalue weighted by Crippen LogP contribution is -2.46. The third-order valence-corrected chi connectivity index (χ3v) is 9.77. The van der Waals surface area contributed by atoms with Gasteiger partial charge in [0.25, 0.3) is 0 Å². The fraction of sp³-hybridized carbons (Fsp3) is 0.500. The number of benzene rings is 2. The van der Waals surface area contributed by atoms with E-state index >= 15 is 0 Å². The van der Waals surface area contributed by atoms with Gasteiger partial charge in [0, 0.05) is 44.3 Å². The van der Waals surface area contributed by atoms with Crippen LogP contribution in [0.5, 0.6) is 0 Å². The Balaban J connectivity index is 1.20. The van der Waals surface area contributed by atoms with Gasteiger partial charge in [-0.05, 0) is 92.8 Å². The summed E-state index contributed by atoms with van der Waals surface area (Å²) in [5.74, 6) is 4.39. The molecule has 8 heteroatoms. The molecule has 2 aromatic carbocycles. The Morgan fingerprint density at radius 3 is 2.76 bits per heavy atom. The van der Waals surface area contributed by atoms with E-state index in [-0.39, 0.29) is 5.41 Å². The first-order valence-electron chi connectivity index (χ1n) is 13.7. The normalized spacial score (nSPS) is 25.6. The quantitative estimate of drug-likeness (QED) is 0.379. The van der Waals surface area contributed by atoms with Crippen LogP contribution in [0, 0.1) is 17.9 Å². The highest BCUT2D eigenvalue weighted by Crippen LogP contribution is 2.63. The van der Waals surface area contributed by atoms with Gasteiger partial charge in [-0.1, -0.05) is 35.3 Å². The number of aliphatic hydroxyl groups is 1. The fourth-order valence-corrected chi connectivity index (χ4v) is 7.07. The summed E-state index contributed by atoms with van der Waals surface area (Å²) >= 11 is 12.6. The topological polar surface area (TPSA) is 58.6 Å². The van der Waals surface area contributed by atoms with Crippen LogP contribution in [0.4, 0.5) is 5.95 Å². The van der Waals surface area contributed by atoms with Gasteiger partial charge >= 0.3 is 0 Å². The van der Waals surface area contributed by atoms with Gasteiger partial charge in [0.05, 0.1) is 21.1 Å². The number of rotatable bonds is 7. The second-order valence-electron chi connectivity index (χ2n) is 11.3. The molecule has 0 radical (unpaired) electrons. The summed E-state index contributed by atoms with van der Waals surface area (Å²) in [6, 6.07) is 12.6. The minimum Gasteiger partial charge on any atom is -0.462 e. The van der Waals surface area contributed by atoms with Gasteiger partial charge in [-0.2, -0.15) is 0 Å². The molecule has 1 aromatic heterocycles. The summed E-state index contributed by atoms with van der Waals surface area (Å²) in [5, 5.41) is 10.1. The molecule has 200 valence electrons. The Morgan fingerprint density at radius 1 is 1.16 bits per heavy atom.